The zero-order valence-corrected chi connectivity index (χ0v) is 10.7. The average molecular weight is 220 g/mol. The molecule has 0 bridgehead atoms. The van der Waals surface area contributed by atoms with Crippen LogP contribution >= 0.6 is 0 Å². The van der Waals surface area contributed by atoms with Crippen LogP contribution in [0.5, 0.6) is 0 Å². The third kappa shape index (κ3) is 4.77. The van der Waals surface area contributed by atoms with Crippen LogP contribution in [0.3, 0.4) is 0 Å². The standard InChI is InChI=1S/C14H24N2/c1-4-13-5-7-14(8-6-13)11-16(3)10-9-12(2)15/h5-8,12H,4,9-11,15H2,1-3H3. The van der Waals surface area contributed by atoms with Crippen molar-refractivity contribution in [2.24, 2.45) is 5.73 Å². The van der Waals surface area contributed by atoms with Gasteiger partial charge in [0.1, 0.15) is 0 Å². The van der Waals surface area contributed by atoms with Crippen LogP contribution in [0.4, 0.5) is 0 Å². The fourth-order valence-electron chi connectivity index (χ4n) is 1.70. The van der Waals surface area contributed by atoms with Crippen molar-refractivity contribution in [3.05, 3.63) is 35.4 Å². The molecule has 1 aromatic rings. The fraction of sp³-hybridized carbons (Fsp3) is 0.571. The number of hydrogen-bond donors (Lipinski definition) is 1. The van der Waals surface area contributed by atoms with Crippen molar-refractivity contribution in [2.75, 3.05) is 13.6 Å². The monoisotopic (exact) mass is 220 g/mol. The van der Waals surface area contributed by atoms with E-state index >= 15 is 0 Å². The first kappa shape index (κ1) is 13.2. The van der Waals surface area contributed by atoms with Crippen molar-refractivity contribution >= 4 is 0 Å². The van der Waals surface area contributed by atoms with Gasteiger partial charge in [-0.25, -0.2) is 0 Å². The van der Waals surface area contributed by atoms with E-state index in [9.17, 15) is 0 Å². The van der Waals surface area contributed by atoms with Gasteiger partial charge in [-0.1, -0.05) is 31.2 Å². The third-order valence-corrected chi connectivity index (χ3v) is 2.85. The first-order valence-corrected chi connectivity index (χ1v) is 6.13. The Morgan fingerprint density at radius 3 is 2.25 bits per heavy atom. The van der Waals surface area contributed by atoms with E-state index in [4.69, 9.17) is 5.73 Å². The highest BCUT2D eigenvalue weighted by Gasteiger charge is 2.02. The van der Waals surface area contributed by atoms with Crippen LogP contribution in [0.15, 0.2) is 24.3 Å². The molecule has 0 aliphatic heterocycles. The minimum absolute atomic E-state index is 0.296. The lowest BCUT2D eigenvalue weighted by Crippen LogP contribution is -2.25. The molecule has 0 spiro atoms. The van der Waals surface area contributed by atoms with Gasteiger partial charge in [0.15, 0.2) is 0 Å². The summed E-state index contributed by atoms with van der Waals surface area (Å²) < 4.78 is 0. The Kier molecular flexibility index (Phi) is 5.50. The quantitative estimate of drug-likeness (QED) is 0.797. The lowest BCUT2D eigenvalue weighted by atomic mass is 10.1. The summed E-state index contributed by atoms with van der Waals surface area (Å²) in [5.74, 6) is 0. The molecule has 2 heteroatoms. The zero-order valence-electron chi connectivity index (χ0n) is 10.7. The molecule has 0 fully saturated rings. The first-order chi connectivity index (χ1) is 7.61. The van der Waals surface area contributed by atoms with Gasteiger partial charge in [-0.15, -0.1) is 0 Å². The molecule has 1 atom stereocenters. The number of nitrogens with two attached hydrogens (primary N) is 1. The highest BCUT2D eigenvalue weighted by atomic mass is 15.1. The predicted molar refractivity (Wildman–Crippen MR) is 70.4 cm³/mol. The molecule has 0 saturated heterocycles. The zero-order chi connectivity index (χ0) is 12.0. The van der Waals surface area contributed by atoms with Gasteiger partial charge in [-0.2, -0.15) is 0 Å². The number of benzene rings is 1. The molecule has 1 aromatic carbocycles. The van der Waals surface area contributed by atoms with Crippen LogP contribution in [0.2, 0.25) is 0 Å². The smallest absolute Gasteiger partial charge is 0.0230 e. The first-order valence-electron chi connectivity index (χ1n) is 6.13. The van der Waals surface area contributed by atoms with E-state index < -0.39 is 0 Å². The van der Waals surface area contributed by atoms with Gasteiger partial charge >= 0.3 is 0 Å². The van der Waals surface area contributed by atoms with Crippen LogP contribution < -0.4 is 5.73 Å². The van der Waals surface area contributed by atoms with Crippen molar-refractivity contribution in [1.29, 1.82) is 0 Å². The highest BCUT2D eigenvalue weighted by Crippen LogP contribution is 2.07. The van der Waals surface area contributed by atoms with Crippen LogP contribution in [0.1, 0.15) is 31.4 Å². The Morgan fingerprint density at radius 1 is 1.19 bits per heavy atom. The summed E-state index contributed by atoms with van der Waals surface area (Å²) in [6.07, 6.45) is 2.17. The summed E-state index contributed by atoms with van der Waals surface area (Å²) in [7, 11) is 2.15. The molecule has 0 amide bonds. The molecule has 0 aliphatic rings. The molecular formula is C14H24N2. The van der Waals surface area contributed by atoms with E-state index in [1.807, 2.05) is 0 Å². The normalized spacial score (nSPS) is 13.1. The predicted octanol–water partition coefficient (Wildman–Crippen LogP) is 2.42. The van der Waals surface area contributed by atoms with E-state index in [-0.39, 0.29) is 0 Å². The van der Waals surface area contributed by atoms with Crippen LogP contribution in [-0.2, 0) is 13.0 Å². The summed E-state index contributed by atoms with van der Waals surface area (Å²) in [5.41, 5.74) is 8.53. The van der Waals surface area contributed by atoms with Gasteiger partial charge in [0.25, 0.3) is 0 Å². The molecule has 2 nitrogen and oxygen atoms in total. The Balaban J connectivity index is 2.40. The maximum atomic E-state index is 5.75. The summed E-state index contributed by atoms with van der Waals surface area (Å²) in [6.45, 7) is 6.32. The fourth-order valence-corrected chi connectivity index (χ4v) is 1.70. The van der Waals surface area contributed by atoms with Crippen LogP contribution in [0.25, 0.3) is 0 Å². The van der Waals surface area contributed by atoms with Crippen LogP contribution in [-0.4, -0.2) is 24.5 Å². The molecule has 90 valence electrons. The summed E-state index contributed by atoms with van der Waals surface area (Å²) in [6, 6.07) is 9.18. The van der Waals surface area contributed by atoms with Gasteiger partial charge < -0.3 is 10.6 Å². The van der Waals surface area contributed by atoms with E-state index in [1.165, 1.54) is 11.1 Å². The third-order valence-electron chi connectivity index (χ3n) is 2.85. The van der Waals surface area contributed by atoms with Crippen molar-refractivity contribution < 1.29 is 0 Å². The van der Waals surface area contributed by atoms with Gasteiger partial charge in [-0.3, -0.25) is 0 Å². The SMILES string of the molecule is CCc1ccc(CN(C)CCC(C)N)cc1. The van der Waals surface area contributed by atoms with Gasteiger partial charge in [-0.05, 0) is 44.5 Å². The van der Waals surface area contributed by atoms with Gasteiger partial charge in [0.2, 0.25) is 0 Å². The van der Waals surface area contributed by atoms with Crippen molar-refractivity contribution in [2.45, 2.75) is 39.3 Å². The lowest BCUT2D eigenvalue weighted by molar-refractivity contribution is 0.313. The molecule has 0 saturated carbocycles. The summed E-state index contributed by atoms with van der Waals surface area (Å²) in [5, 5.41) is 0. The molecule has 2 N–H and O–H groups in total. The van der Waals surface area contributed by atoms with E-state index in [0.717, 1.165) is 25.9 Å². The summed E-state index contributed by atoms with van der Waals surface area (Å²) >= 11 is 0. The Labute approximate surface area is 99.5 Å². The average Bonchev–Trinajstić information content (AvgIpc) is 2.27. The van der Waals surface area contributed by atoms with Crippen molar-refractivity contribution in [1.82, 2.24) is 4.90 Å². The number of aryl methyl sites for hydroxylation is 1. The topological polar surface area (TPSA) is 29.3 Å². The molecule has 0 radical (unpaired) electrons. The molecule has 16 heavy (non-hydrogen) atoms. The second-order valence-corrected chi connectivity index (χ2v) is 4.67. The second kappa shape index (κ2) is 6.66. The van der Waals surface area contributed by atoms with Crippen LogP contribution in [0, 0.1) is 0 Å². The minimum Gasteiger partial charge on any atom is -0.328 e. The van der Waals surface area contributed by atoms with E-state index in [1.54, 1.807) is 0 Å². The van der Waals surface area contributed by atoms with Gasteiger partial charge in [0, 0.05) is 12.6 Å². The van der Waals surface area contributed by atoms with Gasteiger partial charge in [0.05, 0.1) is 0 Å². The second-order valence-electron chi connectivity index (χ2n) is 4.67. The molecule has 0 aliphatic carbocycles. The maximum absolute atomic E-state index is 5.75. The Hall–Kier alpha value is -0.860. The molecule has 0 aromatic heterocycles. The lowest BCUT2D eigenvalue weighted by Gasteiger charge is -2.18. The number of hydrogen-bond acceptors (Lipinski definition) is 2. The van der Waals surface area contributed by atoms with Crippen molar-refractivity contribution in [3.8, 4) is 0 Å². The molecule has 1 rings (SSSR count). The maximum Gasteiger partial charge on any atom is 0.0230 e. The molecular weight excluding hydrogens is 196 g/mol. The number of rotatable bonds is 6. The highest BCUT2D eigenvalue weighted by molar-refractivity contribution is 5.22. The molecule has 0 heterocycles. The van der Waals surface area contributed by atoms with Crippen molar-refractivity contribution in [3.63, 3.8) is 0 Å². The molecule has 1 unspecified atom stereocenters. The van der Waals surface area contributed by atoms with E-state index in [2.05, 4.69) is 50.1 Å². The Bertz CT molecular complexity index is 290. The number of nitrogens with zero attached hydrogens (tertiary/aromatic N) is 1. The summed E-state index contributed by atoms with van der Waals surface area (Å²) in [4.78, 5) is 2.32. The Morgan fingerprint density at radius 2 is 1.75 bits per heavy atom. The largest absolute Gasteiger partial charge is 0.328 e. The van der Waals surface area contributed by atoms with E-state index in [0.29, 0.717) is 6.04 Å². The minimum atomic E-state index is 0.296.